The number of ether oxygens (including phenoxy) is 1. The van der Waals surface area contributed by atoms with Gasteiger partial charge in [0.1, 0.15) is 15.6 Å². The molecule has 2 aromatic heterocycles. The lowest BCUT2D eigenvalue weighted by Crippen LogP contribution is -2.02. The van der Waals surface area contributed by atoms with Crippen molar-refractivity contribution in [2.24, 2.45) is 5.92 Å². The number of methoxy groups -OCH3 is 1. The highest BCUT2D eigenvalue weighted by atomic mass is 32.1. The van der Waals surface area contributed by atoms with Crippen molar-refractivity contribution in [3.8, 4) is 16.6 Å². The first-order valence-electron chi connectivity index (χ1n) is 6.12. The van der Waals surface area contributed by atoms with Crippen molar-refractivity contribution in [3.63, 3.8) is 0 Å². The fourth-order valence-electron chi connectivity index (χ4n) is 1.70. The molecule has 0 fully saturated rings. The second-order valence-corrected chi connectivity index (χ2v) is 5.66. The Morgan fingerprint density at radius 2 is 2.15 bits per heavy atom. The molecule has 0 aliphatic rings. The lowest BCUT2D eigenvalue weighted by atomic mass is 10.1. The smallest absolute Gasteiger partial charge is 0.347 e. The molecule has 0 spiro atoms. The molecule has 0 saturated carbocycles. The van der Waals surface area contributed by atoms with E-state index in [4.69, 9.17) is 4.74 Å². The summed E-state index contributed by atoms with van der Waals surface area (Å²) in [7, 11) is 1.51. The minimum absolute atomic E-state index is 0.270. The highest BCUT2D eigenvalue weighted by molar-refractivity contribution is 7.17. The van der Waals surface area contributed by atoms with Crippen LogP contribution in [0.15, 0.2) is 12.1 Å². The van der Waals surface area contributed by atoms with Crippen LogP contribution >= 0.6 is 11.3 Å². The molecule has 2 heterocycles. The zero-order valence-corrected chi connectivity index (χ0v) is 12.3. The largest absolute Gasteiger partial charge is 0.480 e. The van der Waals surface area contributed by atoms with Crippen LogP contribution in [0.2, 0.25) is 0 Å². The van der Waals surface area contributed by atoms with Gasteiger partial charge in [0, 0.05) is 6.07 Å². The summed E-state index contributed by atoms with van der Waals surface area (Å²) in [5.74, 6) is -0.206. The molecule has 2 rings (SSSR count). The molecule has 0 radical (unpaired) electrons. The fourth-order valence-corrected chi connectivity index (χ4v) is 2.59. The number of carbonyl (C=O) groups is 1. The van der Waals surface area contributed by atoms with Gasteiger partial charge in [0.05, 0.1) is 12.8 Å². The molecule has 2 aromatic rings. The molecule has 7 heteroatoms. The molecule has 6 nitrogen and oxygen atoms in total. The summed E-state index contributed by atoms with van der Waals surface area (Å²) in [4.78, 5) is 15.9. The number of carboxylic acid groups (broad SMARTS) is 1. The summed E-state index contributed by atoms with van der Waals surface area (Å²) in [6.07, 6.45) is 0.627. The van der Waals surface area contributed by atoms with Gasteiger partial charge in [0.2, 0.25) is 5.88 Å². The number of hydrogen-bond donors (Lipinski definition) is 1. The third-order valence-corrected chi connectivity index (χ3v) is 3.67. The van der Waals surface area contributed by atoms with E-state index in [2.05, 4.69) is 15.2 Å². The topological polar surface area (TPSA) is 85.2 Å². The minimum Gasteiger partial charge on any atom is -0.480 e. The Kier molecular flexibility index (Phi) is 4.29. The van der Waals surface area contributed by atoms with E-state index in [1.165, 1.54) is 7.11 Å². The van der Waals surface area contributed by atoms with Crippen LogP contribution in [0.5, 0.6) is 5.88 Å². The van der Waals surface area contributed by atoms with Gasteiger partial charge in [-0.2, -0.15) is 0 Å². The monoisotopic (exact) mass is 293 g/mol. The van der Waals surface area contributed by atoms with E-state index in [-0.39, 0.29) is 4.88 Å². The van der Waals surface area contributed by atoms with Crippen LogP contribution in [0, 0.1) is 5.92 Å². The first kappa shape index (κ1) is 14.4. The second kappa shape index (κ2) is 5.96. The van der Waals surface area contributed by atoms with Gasteiger partial charge in [-0.05, 0) is 18.4 Å². The molecule has 0 unspecified atom stereocenters. The van der Waals surface area contributed by atoms with Crippen molar-refractivity contribution in [3.05, 3.63) is 22.7 Å². The van der Waals surface area contributed by atoms with Gasteiger partial charge in [-0.25, -0.2) is 9.78 Å². The SMILES string of the molecule is COc1ccc(-c2nc(CC(C)C)c(C(=O)O)s2)nn1. The zero-order valence-electron chi connectivity index (χ0n) is 11.5. The van der Waals surface area contributed by atoms with Crippen LogP contribution in [0.1, 0.15) is 29.2 Å². The Balaban J connectivity index is 2.38. The summed E-state index contributed by atoms with van der Waals surface area (Å²) in [5.41, 5.74) is 1.15. The van der Waals surface area contributed by atoms with Crippen LogP contribution in [-0.2, 0) is 6.42 Å². The molecule has 20 heavy (non-hydrogen) atoms. The number of aromatic nitrogens is 3. The predicted molar refractivity (Wildman–Crippen MR) is 75.2 cm³/mol. The number of hydrogen-bond acceptors (Lipinski definition) is 6. The van der Waals surface area contributed by atoms with Gasteiger partial charge in [-0.15, -0.1) is 21.5 Å². The summed E-state index contributed by atoms with van der Waals surface area (Å²) in [6.45, 7) is 4.05. The van der Waals surface area contributed by atoms with Gasteiger partial charge >= 0.3 is 5.97 Å². The van der Waals surface area contributed by atoms with Crippen LogP contribution in [0.3, 0.4) is 0 Å². The standard InChI is InChI=1S/C13H15N3O3S/c1-7(2)6-9-11(13(17)18)20-12(14-9)8-4-5-10(19-3)16-15-8/h4-5,7H,6H2,1-3H3,(H,17,18). The third-order valence-electron chi connectivity index (χ3n) is 2.56. The van der Waals surface area contributed by atoms with Crippen molar-refractivity contribution >= 4 is 17.3 Å². The molecular weight excluding hydrogens is 278 g/mol. The highest BCUT2D eigenvalue weighted by Gasteiger charge is 2.19. The van der Waals surface area contributed by atoms with Crippen LogP contribution in [-0.4, -0.2) is 33.4 Å². The van der Waals surface area contributed by atoms with E-state index in [1.54, 1.807) is 12.1 Å². The summed E-state index contributed by atoms with van der Waals surface area (Å²) in [5, 5.41) is 17.7. The van der Waals surface area contributed by atoms with E-state index in [1.807, 2.05) is 13.8 Å². The maximum Gasteiger partial charge on any atom is 0.347 e. The van der Waals surface area contributed by atoms with Gasteiger partial charge < -0.3 is 9.84 Å². The van der Waals surface area contributed by atoms with Gasteiger partial charge in [0.25, 0.3) is 0 Å². The summed E-state index contributed by atoms with van der Waals surface area (Å²) >= 11 is 1.12. The quantitative estimate of drug-likeness (QED) is 0.911. The Morgan fingerprint density at radius 1 is 1.40 bits per heavy atom. The molecule has 0 aliphatic carbocycles. The average molecular weight is 293 g/mol. The lowest BCUT2D eigenvalue weighted by molar-refractivity contribution is 0.0700. The molecular formula is C13H15N3O3S. The molecule has 0 aliphatic heterocycles. The maximum atomic E-state index is 11.3. The number of rotatable bonds is 5. The summed E-state index contributed by atoms with van der Waals surface area (Å²) in [6, 6.07) is 3.39. The Morgan fingerprint density at radius 3 is 2.65 bits per heavy atom. The first-order chi connectivity index (χ1) is 9.51. The lowest BCUT2D eigenvalue weighted by Gasteiger charge is -2.01. The molecule has 1 N–H and O–H groups in total. The average Bonchev–Trinajstić information content (AvgIpc) is 2.82. The van der Waals surface area contributed by atoms with Gasteiger partial charge in [0.15, 0.2) is 0 Å². The molecule has 0 amide bonds. The summed E-state index contributed by atoms with van der Waals surface area (Å²) < 4.78 is 4.94. The number of nitrogens with zero attached hydrogens (tertiary/aromatic N) is 3. The first-order valence-corrected chi connectivity index (χ1v) is 6.94. The maximum absolute atomic E-state index is 11.3. The number of thiazole rings is 1. The number of carboxylic acids is 1. The number of aromatic carboxylic acids is 1. The van der Waals surface area contributed by atoms with Gasteiger partial charge in [-0.3, -0.25) is 0 Å². The fraction of sp³-hybridized carbons (Fsp3) is 0.385. The van der Waals surface area contributed by atoms with E-state index in [0.29, 0.717) is 34.6 Å². The van der Waals surface area contributed by atoms with E-state index in [0.717, 1.165) is 11.3 Å². The predicted octanol–water partition coefficient (Wildman–Crippen LogP) is 2.51. The molecule has 0 aromatic carbocycles. The van der Waals surface area contributed by atoms with E-state index < -0.39 is 5.97 Å². The Bertz CT molecular complexity index is 608. The molecule has 0 atom stereocenters. The third kappa shape index (κ3) is 3.11. The molecule has 0 saturated heterocycles. The normalized spacial score (nSPS) is 10.8. The molecule has 0 bridgehead atoms. The minimum atomic E-state index is -0.953. The van der Waals surface area contributed by atoms with Crippen molar-refractivity contribution in [1.82, 2.24) is 15.2 Å². The Hall–Kier alpha value is -2.02. The van der Waals surface area contributed by atoms with Crippen molar-refractivity contribution < 1.29 is 14.6 Å². The van der Waals surface area contributed by atoms with E-state index in [9.17, 15) is 9.90 Å². The zero-order chi connectivity index (χ0) is 14.7. The van der Waals surface area contributed by atoms with Crippen LogP contribution in [0.25, 0.3) is 10.7 Å². The Labute approximate surface area is 120 Å². The van der Waals surface area contributed by atoms with Crippen LogP contribution < -0.4 is 4.74 Å². The van der Waals surface area contributed by atoms with Crippen molar-refractivity contribution in [2.45, 2.75) is 20.3 Å². The van der Waals surface area contributed by atoms with Crippen LogP contribution in [0.4, 0.5) is 0 Å². The van der Waals surface area contributed by atoms with Crippen molar-refractivity contribution in [1.29, 1.82) is 0 Å². The molecule has 106 valence electrons. The highest BCUT2D eigenvalue weighted by Crippen LogP contribution is 2.28. The second-order valence-electron chi connectivity index (χ2n) is 4.66. The van der Waals surface area contributed by atoms with Gasteiger partial charge in [-0.1, -0.05) is 13.8 Å². The van der Waals surface area contributed by atoms with Crippen molar-refractivity contribution in [2.75, 3.05) is 7.11 Å². The van der Waals surface area contributed by atoms with E-state index >= 15 is 0 Å².